The average molecular weight is 140 g/mol. The minimum atomic E-state index is -0.0735. The second-order valence-corrected chi connectivity index (χ2v) is 2.46. The van der Waals surface area contributed by atoms with Crippen LogP contribution in [0.3, 0.4) is 0 Å². The van der Waals surface area contributed by atoms with E-state index in [0.29, 0.717) is 0 Å². The first kappa shape index (κ1) is 7.12. The molecule has 56 valence electrons. The third-order valence-corrected chi connectivity index (χ3v) is 1.59. The van der Waals surface area contributed by atoms with E-state index in [1.807, 2.05) is 26.0 Å². The Bertz CT molecular complexity index is 165. The quantitative estimate of drug-likeness (QED) is 0.515. The Morgan fingerprint density at radius 1 is 1.50 bits per heavy atom. The smallest absolute Gasteiger partial charge is 0.315 e. The Hall–Kier alpha value is -0.990. The monoisotopic (exact) mass is 140 g/mol. The van der Waals surface area contributed by atoms with Gasteiger partial charge in [-0.2, -0.15) is 0 Å². The molecule has 2 N–H and O–H groups in total. The van der Waals surface area contributed by atoms with E-state index in [1.54, 1.807) is 0 Å². The normalized spacial score (nSPS) is 32.4. The van der Waals surface area contributed by atoms with Gasteiger partial charge in [0.1, 0.15) is 0 Å². The fraction of sp³-hybridized carbons (Fsp3) is 0.571. The van der Waals surface area contributed by atoms with Gasteiger partial charge >= 0.3 is 6.03 Å². The summed E-state index contributed by atoms with van der Waals surface area (Å²) in [6, 6.07) is 0.303. The van der Waals surface area contributed by atoms with Gasteiger partial charge in [0.25, 0.3) is 0 Å². The molecule has 0 radical (unpaired) electrons. The van der Waals surface area contributed by atoms with Crippen LogP contribution < -0.4 is 10.6 Å². The lowest BCUT2D eigenvalue weighted by molar-refractivity contribution is 0.247. The minimum Gasteiger partial charge on any atom is -0.333 e. The lowest BCUT2D eigenvalue weighted by Crippen LogP contribution is -2.28. The first-order valence-electron chi connectivity index (χ1n) is 3.44. The molecular formula is C7H12N2O. The Morgan fingerprint density at radius 2 is 2.20 bits per heavy atom. The molecule has 3 heteroatoms. The summed E-state index contributed by atoms with van der Waals surface area (Å²) in [4.78, 5) is 10.7. The number of allylic oxidation sites excluding steroid dienone is 1. The molecule has 1 aliphatic rings. The molecule has 0 aromatic carbocycles. The maximum atomic E-state index is 10.7. The molecule has 0 spiro atoms. The number of carbonyl (C=O) groups excluding carboxylic acids is 1. The SMILES string of the molecule is C/C=C/[C@@H]1NC(=O)N[C@@H]1C. The van der Waals surface area contributed by atoms with Gasteiger partial charge in [-0.3, -0.25) is 0 Å². The van der Waals surface area contributed by atoms with Crippen molar-refractivity contribution < 1.29 is 4.79 Å². The van der Waals surface area contributed by atoms with Crippen molar-refractivity contribution in [2.45, 2.75) is 25.9 Å². The van der Waals surface area contributed by atoms with Crippen LogP contribution in [0.4, 0.5) is 4.79 Å². The standard InChI is InChI=1S/C7H12N2O/c1-3-4-6-5(2)8-7(10)9-6/h3-6H,1-2H3,(H2,8,9,10)/b4-3+/t5-,6+/m1/s1. The molecule has 0 aromatic heterocycles. The van der Waals surface area contributed by atoms with Crippen molar-refractivity contribution in [2.24, 2.45) is 0 Å². The van der Waals surface area contributed by atoms with E-state index in [4.69, 9.17) is 0 Å². The van der Waals surface area contributed by atoms with Gasteiger partial charge in [0.15, 0.2) is 0 Å². The molecule has 1 aliphatic heterocycles. The second kappa shape index (κ2) is 2.73. The van der Waals surface area contributed by atoms with Crippen molar-refractivity contribution in [1.29, 1.82) is 0 Å². The minimum absolute atomic E-state index is 0.0735. The number of hydrogen-bond donors (Lipinski definition) is 2. The van der Waals surface area contributed by atoms with E-state index in [2.05, 4.69) is 10.6 Å². The van der Waals surface area contributed by atoms with Gasteiger partial charge in [0.05, 0.1) is 12.1 Å². The van der Waals surface area contributed by atoms with Crippen LogP contribution in [0.5, 0.6) is 0 Å². The lowest BCUT2D eigenvalue weighted by Gasteiger charge is -2.06. The van der Waals surface area contributed by atoms with Crippen molar-refractivity contribution >= 4 is 6.03 Å². The molecule has 0 unspecified atom stereocenters. The Kier molecular flexibility index (Phi) is 1.94. The third-order valence-electron chi connectivity index (χ3n) is 1.59. The van der Waals surface area contributed by atoms with Crippen molar-refractivity contribution in [3.63, 3.8) is 0 Å². The molecule has 1 rings (SSSR count). The van der Waals surface area contributed by atoms with Gasteiger partial charge in [0, 0.05) is 0 Å². The van der Waals surface area contributed by atoms with Crippen LogP contribution in [-0.2, 0) is 0 Å². The molecule has 0 aliphatic carbocycles. The highest BCUT2D eigenvalue weighted by Gasteiger charge is 2.24. The zero-order valence-corrected chi connectivity index (χ0v) is 6.22. The van der Waals surface area contributed by atoms with Crippen molar-refractivity contribution in [2.75, 3.05) is 0 Å². The molecule has 3 nitrogen and oxygen atoms in total. The highest BCUT2D eigenvalue weighted by atomic mass is 16.2. The lowest BCUT2D eigenvalue weighted by atomic mass is 10.1. The van der Waals surface area contributed by atoms with Gasteiger partial charge in [0.2, 0.25) is 0 Å². The molecule has 1 heterocycles. The average Bonchev–Trinajstić information content (AvgIpc) is 2.13. The predicted molar refractivity (Wildman–Crippen MR) is 39.7 cm³/mol. The summed E-state index contributed by atoms with van der Waals surface area (Å²) in [5, 5.41) is 5.52. The van der Waals surface area contributed by atoms with E-state index < -0.39 is 0 Å². The molecule has 10 heavy (non-hydrogen) atoms. The van der Waals surface area contributed by atoms with E-state index in [-0.39, 0.29) is 18.1 Å². The molecular weight excluding hydrogens is 128 g/mol. The summed E-state index contributed by atoms with van der Waals surface area (Å²) in [6.07, 6.45) is 3.91. The summed E-state index contributed by atoms with van der Waals surface area (Å²) in [5.41, 5.74) is 0. The summed E-state index contributed by atoms with van der Waals surface area (Å²) >= 11 is 0. The maximum Gasteiger partial charge on any atom is 0.315 e. The van der Waals surface area contributed by atoms with Gasteiger partial charge < -0.3 is 10.6 Å². The molecule has 2 amide bonds. The van der Waals surface area contributed by atoms with Crippen molar-refractivity contribution in [3.05, 3.63) is 12.2 Å². The summed E-state index contributed by atoms with van der Waals surface area (Å²) in [6.45, 7) is 3.92. The van der Waals surface area contributed by atoms with Crippen LogP contribution >= 0.6 is 0 Å². The molecule has 1 fully saturated rings. The van der Waals surface area contributed by atoms with E-state index in [9.17, 15) is 4.79 Å². The van der Waals surface area contributed by atoms with Crippen molar-refractivity contribution in [1.82, 2.24) is 10.6 Å². The number of carbonyl (C=O) groups is 1. The van der Waals surface area contributed by atoms with E-state index in [0.717, 1.165) is 0 Å². The van der Waals surface area contributed by atoms with E-state index >= 15 is 0 Å². The topological polar surface area (TPSA) is 41.1 Å². The summed E-state index contributed by atoms with van der Waals surface area (Å²) in [5.74, 6) is 0. The van der Waals surface area contributed by atoms with E-state index in [1.165, 1.54) is 0 Å². The number of amides is 2. The molecule has 0 bridgehead atoms. The zero-order valence-electron chi connectivity index (χ0n) is 6.22. The van der Waals surface area contributed by atoms with Crippen LogP contribution in [0.1, 0.15) is 13.8 Å². The van der Waals surface area contributed by atoms with Crippen LogP contribution in [0.2, 0.25) is 0 Å². The van der Waals surface area contributed by atoms with Crippen LogP contribution in [0.15, 0.2) is 12.2 Å². The Labute approximate surface area is 60.5 Å². The third kappa shape index (κ3) is 1.29. The van der Waals surface area contributed by atoms with Gasteiger partial charge in [-0.05, 0) is 13.8 Å². The van der Waals surface area contributed by atoms with Gasteiger partial charge in [-0.15, -0.1) is 0 Å². The van der Waals surface area contributed by atoms with Crippen molar-refractivity contribution in [3.8, 4) is 0 Å². The molecule has 0 aromatic rings. The highest BCUT2D eigenvalue weighted by Crippen LogP contribution is 2.01. The predicted octanol–water partition coefficient (Wildman–Crippen LogP) is 0.632. The maximum absolute atomic E-state index is 10.7. The largest absolute Gasteiger partial charge is 0.333 e. The fourth-order valence-electron chi connectivity index (χ4n) is 1.04. The first-order valence-corrected chi connectivity index (χ1v) is 3.44. The molecule has 0 saturated carbocycles. The first-order chi connectivity index (χ1) is 4.74. The zero-order chi connectivity index (χ0) is 7.56. The number of urea groups is 1. The Morgan fingerprint density at radius 3 is 2.60 bits per heavy atom. The van der Waals surface area contributed by atoms with Crippen LogP contribution in [0, 0.1) is 0 Å². The van der Waals surface area contributed by atoms with Gasteiger partial charge in [-0.1, -0.05) is 12.2 Å². The van der Waals surface area contributed by atoms with Gasteiger partial charge in [-0.25, -0.2) is 4.79 Å². The fourth-order valence-corrected chi connectivity index (χ4v) is 1.04. The highest BCUT2D eigenvalue weighted by molar-refractivity contribution is 5.77. The Balaban J connectivity index is 2.54. The van der Waals surface area contributed by atoms with Crippen LogP contribution in [0.25, 0.3) is 0 Å². The molecule has 1 saturated heterocycles. The molecule has 2 atom stereocenters. The van der Waals surface area contributed by atoms with Crippen LogP contribution in [-0.4, -0.2) is 18.1 Å². The summed E-state index contributed by atoms with van der Waals surface area (Å²) in [7, 11) is 0. The summed E-state index contributed by atoms with van der Waals surface area (Å²) < 4.78 is 0. The number of rotatable bonds is 1. The second-order valence-electron chi connectivity index (χ2n) is 2.46. The number of hydrogen-bond acceptors (Lipinski definition) is 1. The number of nitrogens with one attached hydrogen (secondary N) is 2.